The van der Waals surface area contributed by atoms with Crippen LogP contribution in [0.3, 0.4) is 0 Å². The molecule has 0 spiro atoms. The highest BCUT2D eigenvalue weighted by Gasteiger charge is 2.03. The minimum absolute atomic E-state index is 0.477. The largest absolute Gasteiger partial charge is 0.276 e. The van der Waals surface area contributed by atoms with Crippen LogP contribution in [0.25, 0.3) is 10.9 Å². The standard InChI is InChI=1S/C10H9N3/c1-2-7-3-4-9-8(5-7)10(6-11)13-12-9/h3-5H,2H2,1H3,(H,12,13). The molecule has 1 N–H and O–H groups in total. The molecule has 0 saturated carbocycles. The SMILES string of the molecule is CCc1ccc2[nH]nc(C#N)c2c1. The van der Waals surface area contributed by atoms with Crippen molar-refractivity contribution in [1.82, 2.24) is 10.2 Å². The van der Waals surface area contributed by atoms with Gasteiger partial charge in [0.25, 0.3) is 0 Å². The first-order valence-corrected chi connectivity index (χ1v) is 4.22. The number of hydrogen-bond donors (Lipinski definition) is 1. The Kier molecular flexibility index (Phi) is 1.75. The van der Waals surface area contributed by atoms with E-state index in [4.69, 9.17) is 5.26 Å². The Morgan fingerprint density at radius 3 is 3.08 bits per heavy atom. The molecule has 0 radical (unpaired) electrons. The molecule has 13 heavy (non-hydrogen) atoms. The van der Waals surface area contributed by atoms with Crippen LogP contribution in [0.5, 0.6) is 0 Å². The summed E-state index contributed by atoms with van der Waals surface area (Å²) in [7, 11) is 0. The lowest BCUT2D eigenvalue weighted by Crippen LogP contribution is -1.79. The van der Waals surface area contributed by atoms with Crippen molar-refractivity contribution in [3.05, 3.63) is 29.5 Å². The first kappa shape index (κ1) is 7.81. The second kappa shape index (κ2) is 2.91. The van der Waals surface area contributed by atoms with Crippen LogP contribution < -0.4 is 0 Å². The number of rotatable bonds is 1. The fourth-order valence-corrected chi connectivity index (χ4v) is 1.37. The molecule has 0 aliphatic rings. The van der Waals surface area contributed by atoms with Crippen LogP contribution in [0.4, 0.5) is 0 Å². The summed E-state index contributed by atoms with van der Waals surface area (Å²) in [5, 5.41) is 16.4. The van der Waals surface area contributed by atoms with Gasteiger partial charge in [-0.25, -0.2) is 0 Å². The fraction of sp³-hybridized carbons (Fsp3) is 0.200. The maximum absolute atomic E-state index is 8.76. The molecule has 2 rings (SSSR count). The van der Waals surface area contributed by atoms with Crippen LogP contribution >= 0.6 is 0 Å². The topological polar surface area (TPSA) is 52.5 Å². The predicted molar refractivity (Wildman–Crippen MR) is 50.2 cm³/mol. The van der Waals surface area contributed by atoms with Gasteiger partial charge in [0, 0.05) is 5.39 Å². The highest BCUT2D eigenvalue weighted by molar-refractivity contribution is 5.84. The van der Waals surface area contributed by atoms with Gasteiger partial charge in [-0.3, -0.25) is 5.10 Å². The summed E-state index contributed by atoms with van der Waals surface area (Å²) in [5.41, 5.74) is 2.63. The van der Waals surface area contributed by atoms with Crippen LogP contribution in [-0.4, -0.2) is 10.2 Å². The monoisotopic (exact) mass is 171 g/mol. The van der Waals surface area contributed by atoms with E-state index < -0.39 is 0 Å². The second-order valence-corrected chi connectivity index (χ2v) is 2.92. The van der Waals surface area contributed by atoms with Crippen LogP contribution in [-0.2, 0) is 6.42 Å². The Labute approximate surface area is 76.0 Å². The molecule has 0 aliphatic carbocycles. The van der Waals surface area contributed by atoms with Crippen LogP contribution in [0, 0.1) is 11.3 Å². The third-order valence-corrected chi connectivity index (χ3v) is 2.14. The van der Waals surface area contributed by atoms with Crippen molar-refractivity contribution in [3.63, 3.8) is 0 Å². The zero-order valence-electron chi connectivity index (χ0n) is 7.33. The number of aromatic amines is 1. The molecule has 3 nitrogen and oxygen atoms in total. The smallest absolute Gasteiger partial charge is 0.170 e. The zero-order chi connectivity index (χ0) is 9.26. The number of nitrogens with one attached hydrogen (secondary N) is 1. The first-order valence-electron chi connectivity index (χ1n) is 4.22. The van der Waals surface area contributed by atoms with Crippen molar-refractivity contribution in [2.45, 2.75) is 13.3 Å². The van der Waals surface area contributed by atoms with E-state index in [0.717, 1.165) is 17.3 Å². The third-order valence-electron chi connectivity index (χ3n) is 2.14. The average molecular weight is 171 g/mol. The van der Waals surface area contributed by atoms with Gasteiger partial charge >= 0.3 is 0 Å². The number of aryl methyl sites for hydroxylation is 1. The molecule has 1 aromatic carbocycles. The number of H-pyrrole nitrogens is 1. The van der Waals surface area contributed by atoms with Crippen LogP contribution in [0.15, 0.2) is 18.2 Å². The molecule has 0 amide bonds. The Morgan fingerprint density at radius 1 is 1.54 bits per heavy atom. The lowest BCUT2D eigenvalue weighted by molar-refractivity contribution is 1.10. The number of fused-ring (bicyclic) bond motifs is 1. The molecule has 2 aromatic rings. The molecule has 1 heterocycles. The van der Waals surface area contributed by atoms with Gasteiger partial charge in [-0.2, -0.15) is 10.4 Å². The molecule has 0 bridgehead atoms. The van der Waals surface area contributed by atoms with Gasteiger partial charge in [0.2, 0.25) is 0 Å². The van der Waals surface area contributed by atoms with E-state index in [1.54, 1.807) is 0 Å². The molecule has 1 aromatic heterocycles. The van der Waals surface area contributed by atoms with Gasteiger partial charge in [-0.05, 0) is 24.1 Å². The second-order valence-electron chi connectivity index (χ2n) is 2.92. The summed E-state index contributed by atoms with van der Waals surface area (Å²) < 4.78 is 0. The predicted octanol–water partition coefficient (Wildman–Crippen LogP) is 2.00. The quantitative estimate of drug-likeness (QED) is 0.713. The zero-order valence-corrected chi connectivity index (χ0v) is 7.33. The Bertz CT molecular complexity index is 476. The molecule has 0 saturated heterocycles. The maximum Gasteiger partial charge on any atom is 0.170 e. The van der Waals surface area contributed by atoms with E-state index in [2.05, 4.69) is 23.2 Å². The summed E-state index contributed by atoms with van der Waals surface area (Å²) >= 11 is 0. The van der Waals surface area contributed by atoms with Crippen molar-refractivity contribution < 1.29 is 0 Å². The molecule has 64 valence electrons. The van der Waals surface area contributed by atoms with E-state index in [1.165, 1.54) is 5.56 Å². The summed E-state index contributed by atoms with van der Waals surface area (Å²) in [6.45, 7) is 2.09. The molecule has 0 fully saturated rings. The summed E-state index contributed by atoms with van der Waals surface area (Å²) in [6, 6.07) is 8.07. The minimum atomic E-state index is 0.477. The summed E-state index contributed by atoms with van der Waals surface area (Å²) in [5.74, 6) is 0. The molecule has 0 unspecified atom stereocenters. The number of hydrogen-bond acceptors (Lipinski definition) is 2. The van der Waals surface area contributed by atoms with Gasteiger partial charge in [0.05, 0.1) is 5.52 Å². The molecular weight excluding hydrogens is 162 g/mol. The maximum atomic E-state index is 8.76. The number of aromatic nitrogens is 2. The number of benzene rings is 1. The lowest BCUT2D eigenvalue weighted by atomic mass is 10.1. The van der Waals surface area contributed by atoms with Gasteiger partial charge in [-0.1, -0.05) is 13.0 Å². The highest BCUT2D eigenvalue weighted by atomic mass is 15.1. The summed E-state index contributed by atoms with van der Waals surface area (Å²) in [4.78, 5) is 0. The van der Waals surface area contributed by atoms with E-state index in [-0.39, 0.29) is 0 Å². The van der Waals surface area contributed by atoms with Crippen LogP contribution in [0.1, 0.15) is 18.2 Å². The molecule has 0 atom stereocenters. The van der Waals surface area contributed by atoms with E-state index in [0.29, 0.717) is 5.69 Å². The van der Waals surface area contributed by atoms with E-state index in [9.17, 15) is 0 Å². The average Bonchev–Trinajstić information content (AvgIpc) is 2.59. The first-order chi connectivity index (χ1) is 6.35. The molecular formula is C10H9N3. The Morgan fingerprint density at radius 2 is 2.38 bits per heavy atom. The van der Waals surface area contributed by atoms with Crippen molar-refractivity contribution in [3.8, 4) is 6.07 Å². The normalized spacial score (nSPS) is 10.2. The number of nitriles is 1. The van der Waals surface area contributed by atoms with Crippen molar-refractivity contribution in [2.24, 2.45) is 0 Å². The van der Waals surface area contributed by atoms with Crippen molar-refractivity contribution in [2.75, 3.05) is 0 Å². The van der Waals surface area contributed by atoms with E-state index >= 15 is 0 Å². The van der Waals surface area contributed by atoms with Crippen LogP contribution in [0.2, 0.25) is 0 Å². The third kappa shape index (κ3) is 1.17. The fourth-order valence-electron chi connectivity index (χ4n) is 1.37. The molecule has 3 heteroatoms. The van der Waals surface area contributed by atoms with E-state index in [1.807, 2.05) is 18.2 Å². The van der Waals surface area contributed by atoms with Gasteiger partial charge in [0.1, 0.15) is 6.07 Å². The summed E-state index contributed by atoms with van der Waals surface area (Å²) in [6.07, 6.45) is 0.978. The van der Waals surface area contributed by atoms with Crippen molar-refractivity contribution in [1.29, 1.82) is 5.26 Å². The van der Waals surface area contributed by atoms with Gasteiger partial charge in [-0.15, -0.1) is 0 Å². The molecule has 0 aliphatic heterocycles. The van der Waals surface area contributed by atoms with Gasteiger partial charge in [0.15, 0.2) is 5.69 Å². The Hall–Kier alpha value is -1.82. The number of nitrogens with zero attached hydrogens (tertiary/aromatic N) is 2. The van der Waals surface area contributed by atoms with Crippen molar-refractivity contribution >= 4 is 10.9 Å². The Balaban J connectivity index is 2.73. The minimum Gasteiger partial charge on any atom is -0.276 e. The lowest BCUT2D eigenvalue weighted by Gasteiger charge is -1.94. The van der Waals surface area contributed by atoms with Gasteiger partial charge < -0.3 is 0 Å². The highest BCUT2D eigenvalue weighted by Crippen LogP contribution is 2.17.